The summed E-state index contributed by atoms with van der Waals surface area (Å²) in [5, 5.41) is 10.1. The molecule has 0 aliphatic carbocycles. The minimum Gasteiger partial charge on any atom is -0.392 e. The lowest BCUT2D eigenvalue weighted by Crippen LogP contribution is -2.14. The largest absolute Gasteiger partial charge is 0.392 e. The fourth-order valence-corrected chi connectivity index (χ4v) is 2.37. The van der Waals surface area contributed by atoms with Crippen molar-refractivity contribution in [2.45, 2.75) is 25.9 Å². The summed E-state index contributed by atoms with van der Waals surface area (Å²) < 4.78 is 13.4. The van der Waals surface area contributed by atoms with Crippen molar-refractivity contribution in [3.8, 4) is 0 Å². The van der Waals surface area contributed by atoms with E-state index in [0.717, 1.165) is 12.2 Å². The molecule has 16 heavy (non-hydrogen) atoms. The fourth-order valence-electron chi connectivity index (χ4n) is 1.36. The number of rotatable bonds is 6. The number of hydrogen-bond acceptors (Lipinski definition) is 2. The molecule has 1 N–H and O–H groups in total. The van der Waals surface area contributed by atoms with Gasteiger partial charge >= 0.3 is 0 Å². The topological polar surface area (TPSA) is 20.2 Å². The van der Waals surface area contributed by atoms with Gasteiger partial charge < -0.3 is 5.11 Å². The Hall–Kier alpha value is -0.250. The summed E-state index contributed by atoms with van der Waals surface area (Å²) in [4.78, 5) is 0. The predicted molar refractivity (Wildman–Crippen MR) is 68.7 cm³/mol. The van der Waals surface area contributed by atoms with Gasteiger partial charge in [0.2, 0.25) is 0 Å². The summed E-state index contributed by atoms with van der Waals surface area (Å²) in [6.45, 7) is 2.10. The number of thioether (sulfide) groups is 1. The zero-order valence-corrected chi connectivity index (χ0v) is 10.8. The molecule has 4 heteroatoms. The van der Waals surface area contributed by atoms with E-state index in [1.165, 1.54) is 6.07 Å². The summed E-state index contributed by atoms with van der Waals surface area (Å²) in [7, 11) is 0. The van der Waals surface area contributed by atoms with Gasteiger partial charge in [-0.05, 0) is 29.9 Å². The third-order valence-corrected chi connectivity index (χ3v) is 3.68. The van der Waals surface area contributed by atoms with E-state index in [1.807, 2.05) is 0 Å². The second-order valence-corrected chi connectivity index (χ2v) is 5.25. The van der Waals surface area contributed by atoms with Crippen LogP contribution in [0, 0.1) is 5.82 Å². The third-order valence-electron chi connectivity index (χ3n) is 2.13. The highest BCUT2D eigenvalue weighted by Gasteiger charge is 2.09. The Morgan fingerprint density at radius 2 is 2.25 bits per heavy atom. The lowest BCUT2D eigenvalue weighted by Gasteiger charge is -2.10. The van der Waals surface area contributed by atoms with Crippen molar-refractivity contribution in [2.75, 3.05) is 11.5 Å². The smallest absolute Gasteiger partial charge is 0.127 e. The van der Waals surface area contributed by atoms with Crippen molar-refractivity contribution < 1.29 is 9.50 Å². The molecule has 0 spiro atoms. The standard InChI is InChI=1S/C12H16ClFOS/c1-2-5-16-8-11(15)6-9-3-4-10(13)7-12(9)14/h3-4,7,11,15H,2,5-6,8H2,1H3. The van der Waals surface area contributed by atoms with Gasteiger partial charge in [0.05, 0.1) is 6.10 Å². The van der Waals surface area contributed by atoms with Crippen molar-refractivity contribution in [1.82, 2.24) is 0 Å². The molecule has 0 radical (unpaired) electrons. The molecule has 1 aromatic rings. The summed E-state index contributed by atoms with van der Waals surface area (Å²) in [6.07, 6.45) is 0.944. The van der Waals surface area contributed by atoms with E-state index in [0.29, 0.717) is 22.8 Å². The van der Waals surface area contributed by atoms with Gasteiger partial charge in [-0.2, -0.15) is 11.8 Å². The minimum absolute atomic E-state index is 0.341. The summed E-state index contributed by atoms with van der Waals surface area (Å²) in [5.41, 5.74) is 0.522. The Bertz CT molecular complexity index is 333. The van der Waals surface area contributed by atoms with Gasteiger partial charge in [-0.3, -0.25) is 0 Å². The predicted octanol–water partition coefficient (Wildman–Crippen LogP) is 3.53. The van der Waals surface area contributed by atoms with Crippen molar-refractivity contribution in [1.29, 1.82) is 0 Å². The highest BCUT2D eigenvalue weighted by atomic mass is 35.5. The fraction of sp³-hybridized carbons (Fsp3) is 0.500. The lowest BCUT2D eigenvalue weighted by atomic mass is 10.1. The third kappa shape index (κ3) is 4.73. The van der Waals surface area contributed by atoms with E-state index < -0.39 is 6.10 Å². The van der Waals surface area contributed by atoms with Crippen LogP contribution in [0.2, 0.25) is 5.02 Å². The molecular formula is C12H16ClFOS. The summed E-state index contributed by atoms with van der Waals surface area (Å²) in [5.74, 6) is 1.34. The van der Waals surface area contributed by atoms with Gasteiger partial charge in [-0.15, -0.1) is 0 Å². The lowest BCUT2D eigenvalue weighted by molar-refractivity contribution is 0.198. The van der Waals surface area contributed by atoms with Crippen LogP contribution >= 0.6 is 23.4 Å². The van der Waals surface area contributed by atoms with Crippen LogP contribution in [0.5, 0.6) is 0 Å². The summed E-state index contributed by atoms with van der Waals surface area (Å²) in [6, 6.07) is 4.56. The van der Waals surface area contributed by atoms with Crippen LogP contribution in [0.15, 0.2) is 18.2 Å². The summed E-state index contributed by atoms with van der Waals surface area (Å²) >= 11 is 7.34. The molecule has 0 fully saturated rings. The Labute approximate surface area is 105 Å². The quantitative estimate of drug-likeness (QED) is 0.792. The van der Waals surface area contributed by atoms with Crippen molar-refractivity contribution >= 4 is 23.4 Å². The molecule has 0 bridgehead atoms. The van der Waals surface area contributed by atoms with E-state index in [4.69, 9.17) is 11.6 Å². The average Bonchev–Trinajstić information content (AvgIpc) is 2.23. The molecule has 0 aliphatic heterocycles. The van der Waals surface area contributed by atoms with Gasteiger partial charge in [0, 0.05) is 17.2 Å². The first-order chi connectivity index (χ1) is 7.63. The normalized spacial score (nSPS) is 12.8. The Morgan fingerprint density at radius 1 is 1.50 bits per heavy atom. The first-order valence-electron chi connectivity index (χ1n) is 5.33. The maximum absolute atomic E-state index is 13.4. The zero-order valence-electron chi connectivity index (χ0n) is 9.25. The monoisotopic (exact) mass is 262 g/mol. The van der Waals surface area contributed by atoms with Gasteiger partial charge in [-0.25, -0.2) is 4.39 Å². The molecule has 1 nitrogen and oxygen atoms in total. The second-order valence-electron chi connectivity index (χ2n) is 3.67. The Kier molecular flexibility index (Phi) is 6.17. The van der Waals surface area contributed by atoms with Crippen LogP contribution in [0.1, 0.15) is 18.9 Å². The van der Waals surface area contributed by atoms with Gasteiger partial charge in [0.25, 0.3) is 0 Å². The van der Waals surface area contributed by atoms with Crippen LogP contribution in [0.4, 0.5) is 4.39 Å². The minimum atomic E-state index is -0.493. The first-order valence-corrected chi connectivity index (χ1v) is 6.86. The van der Waals surface area contributed by atoms with Gasteiger partial charge in [-0.1, -0.05) is 24.6 Å². The zero-order chi connectivity index (χ0) is 12.0. The molecular weight excluding hydrogens is 247 g/mol. The first kappa shape index (κ1) is 13.8. The molecule has 0 aliphatic rings. The second kappa shape index (κ2) is 7.15. The SMILES string of the molecule is CCCSCC(O)Cc1ccc(Cl)cc1F. The van der Waals surface area contributed by atoms with Crippen LogP contribution in [-0.2, 0) is 6.42 Å². The molecule has 0 saturated carbocycles. The van der Waals surface area contributed by atoms with Crippen molar-refractivity contribution in [3.63, 3.8) is 0 Å². The molecule has 0 heterocycles. The highest BCUT2D eigenvalue weighted by Crippen LogP contribution is 2.17. The molecule has 90 valence electrons. The highest BCUT2D eigenvalue weighted by molar-refractivity contribution is 7.99. The Morgan fingerprint density at radius 3 is 2.88 bits per heavy atom. The Balaban J connectivity index is 2.46. The van der Waals surface area contributed by atoms with E-state index in [9.17, 15) is 9.50 Å². The number of hydrogen-bond donors (Lipinski definition) is 1. The number of aliphatic hydroxyl groups is 1. The van der Waals surface area contributed by atoms with E-state index in [-0.39, 0.29) is 5.82 Å². The molecule has 1 rings (SSSR count). The number of halogens is 2. The maximum Gasteiger partial charge on any atom is 0.127 e. The molecule has 1 aromatic carbocycles. The van der Waals surface area contributed by atoms with Crippen molar-refractivity contribution in [2.24, 2.45) is 0 Å². The van der Waals surface area contributed by atoms with Crippen LogP contribution < -0.4 is 0 Å². The van der Waals surface area contributed by atoms with E-state index >= 15 is 0 Å². The van der Waals surface area contributed by atoms with E-state index in [2.05, 4.69) is 6.92 Å². The van der Waals surface area contributed by atoms with Gasteiger partial charge in [0.15, 0.2) is 0 Å². The van der Waals surface area contributed by atoms with E-state index in [1.54, 1.807) is 23.9 Å². The average molecular weight is 263 g/mol. The molecule has 1 atom stereocenters. The van der Waals surface area contributed by atoms with Crippen LogP contribution in [0.25, 0.3) is 0 Å². The van der Waals surface area contributed by atoms with Crippen molar-refractivity contribution in [3.05, 3.63) is 34.6 Å². The van der Waals surface area contributed by atoms with Crippen LogP contribution in [-0.4, -0.2) is 22.7 Å². The van der Waals surface area contributed by atoms with Gasteiger partial charge in [0.1, 0.15) is 5.82 Å². The number of aliphatic hydroxyl groups excluding tert-OH is 1. The molecule has 0 amide bonds. The maximum atomic E-state index is 13.4. The molecule has 0 aromatic heterocycles. The number of benzene rings is 1. The molecule has 0 saturated heterocycles. The van der Waals surface area contributed by atoms with Crippen LogP contribution in [0.3, 0.4) is 0 Å². The molecule has 1 unspecified atom stereocenters.